The molecule has 3 heterocycles. The number of nitrogens with one attached hydrogen (secondary N) is 1. The van der Waals surface area contributed by atoms with Crippen molar-refractivity contribution in [3.8, 4) is 11.1 Å². The normalized spacial score (nSPS) is 17.5. The lowest BCUT2D eigenvalue weighted by Gasteiger charge is -2.31. The van der Waals surface area contributed by atoms with Gasteiger partial charge < -0.3 is 19.4 Å². The van der Waals surface area contributed by atoms with Crippen molar-refractivity contribution in [1.82, 2.24) is 9.88 Å². The van der Waals surface area contributed by atoms with Crippen molar-refractivity contribution in [2.75, 3.05) is 19.7 Å². The van der Waals surface area contributed by atoms with Crippen LogP contribution in [0.5, 0.6) is 0 Å². The zero-order valence-electron chi connectivity index (χ0n) is 17.7. The first kappa shape index (κ1) is 20.4. The van der Waals surface area contributed by atoms with Crippen LogP contribution >= 0.6 is 0 Å². The summed E-state index contributed by atoms with van der Waals surface area (Å²) in [6.45, 7) is 7.56. The van der Waals surface area contributed by atoms with Gasteiger partial charge in [0, 0.05) is 42.4 Å². The maximum atomic E-state index is 13.3. The third-order valence-corrected chi connectivity index (χ3v) is 5.91. The summed E-state index contributed by atoms with van der Waals surface area (Å²) < 4.78 is 5.91. The van der Waals surface area contributed by atoms with Crippen molar-refractivity contribution in [2.45, 2.75) is 39.0 Å². The molecule has 0 radical (unpaired) electrons. The summed E-state index contributed by atoms with van der Waals surface area (Å²) in [5.41, 5.74) is 3.04. The molecule has 30 heavy (non-hydrogen) atoms. The second-order valence-corrected chi connectivity index (χ2v) is 9.15. The highest BCUT2D eigenvalue weighted by Crippen LogP contribution is 2.37. The highest BCUT2D eigenvalue weighted by molar-refractivity contribution is 6.07. The van der Waals surface area contributed by atoms with Gasteiger partial charge in [-0.15, -0.1) is 0 Å². The van der Waals surface area contributed by atoms with Crippen molar-refractivity contribution in [2.24, 2.45) is 5.92 Å². The number of furan rings is 1. The molecule has 158 valence electrons. The summed E-state index contributed by atoms with van der Waals surface area (Å²) in [5, 5.41) is 10.2. The number of pyridine rings is 1. The van der Waals surface area contributed by atoms with Crippen LogP contribution in [0.1, 0.15) is 49.5 Å². The second kappa shape index (κ2) is 7.76. The molecule has 0 spiro atoms. The number of aromatic amines is 1. The molecule has 0 aliphatic carbocycles. The van der Waals surface area contributed by atoms with E-state index in [0.29, 0.717) is 29.8 Å². The molecule has 1 fully saturated rings. The minimum atomic E-state index is -0.235. The number of aliphatic hydroxyl groups is 1. The van der Waals surface area contributed by atoms with Crippen LogP contribution in [-0.2, 0) is 5.41 Å². The van der Waals surface area contributed by atoms with Gasteiger partial charge in [-0.25, -0.2) is 0 Å². The summed E-state index contributed by atoms with van der Waals surface area (Å²) in [6.07, 6.45) is 4.95. The van der Waals surface area contributed by atoms with Gasteiger partial charge in [-0.1, -0.05) is 20.8 Å². The Morgan fingerprint density at radius 1 is 1.33 bits per heavy atom. The zero-order valence-corrected chi connectivity index (χ0v) is 17.7. The van der Waals surface area contributed by atoms with Crippen LogP contribution in [0.25, 0.3) is 22.1 Å². The summed E-state index contributed by atoms with van der Waals surface area (Å²) in [4.78, 5) is 30.3. The van der Waals surface area contributed by atoms with Crippen LogP contribution in [0.3, 0.4) is 0 Å². The predicted octanol–water partition coefficient (Wildman–Crippen LogP) is 3.93. The molecule has 1 aliphatic rings. The monoisotopic (exact) mass is 408 g/mol. The van der Waals surface area contributed by atoms with Crippen molar-refractivity contribution in [3.63, 3.8) is 0 Å². The number of hydrogen-bond donors (Lipinski definition) is 2. The minimum Gasteiger partial charge on any atom is -0.463 e. The molecule has 2 N–H and O–H groups in total. The highest BCUT2D eigenvalue weighted by Gasteiger charge is 2.29. The van der Waals surface area contributed by atoms with Crippen molar-refractivity contribution >= 4 is 16.9 Å². The van der Waals surface area contributed by atoms with Gasteiger partial charge in [0.25, 0.3) is 11.5 Å². The van der Waals surface area contributed by atoms with Gasteiger partial charge in [-0.3, -0.25) is 9.59 Å². The average Bonchev–Trinajstić information content (AvgIpc) is 3.16. The third-order valence-electron chi connectivity index (χ3n) is 5.91. The van der Waals surface area contributed by atoms with E-state index in [9.17, 15) is 14.7 Å². The fourth-order valence-electron chi connectivity index (χ4n) is 4.23. The van der Waals surface area contributed by atoms with Gasteiger partial charge in [0.2, 0.25) is 0 Å². The van der Waals surface area contributed by atoms with Crippen LogP contribution < -0.4 is 5.56 Å². The molecule has 3 aromatic rings. The zero-order chi connectivity index (χ0) is 21.5. The molecule has 1 atom stereocenters. The van der Waals surface area contributed by atoms with Crippen LogP contribution in [0.15, 0.2) is 45.9 Å². The lowest BCUT2D eigenvalue weighted by atomic mass is 9.84. The largest absolute Gasteiger partial charge is 0.463 e. The molecule has 6 nitrogen and oxygen atoms in total. The topological polar surface area (TPSA) is 86.5 Å². The molecule has 2 aromatic heterocycles. The standard InChI is InChI=1S/C24H28N2O4/c1-24(2,3)20-11-16(17-7-4-8-25-22(17)28)10-18-19(14-30-21(18)20)23(29)26-9-5-6-15(12-26)13-27/h4,7-8,10-11,14-15,27H,5-6,9,12-13H2,1-3H3,(H,25,28). The lowest BCUT2D eigenvalue weighted by Crippen LogP contribution is -2.40. The number of nitrogens with zero attached hydrogens (tertiary/aromatic N) is 1. The number of benzene rings is 1. The first-order valence-electron chi connectivity index (χ1n) is 10.4. The number of H-pyrrole nitrogens is 1. The van der Waals surface area contributed by atoms with Crippen LogP contribution in [0.4, 0.5) is 0 Å². The lowest BCUT2D eigenvalue weighted by molar-refractivity contribution is 0.0621. The summed E-state index contributed by atoms with van der Waals surface area (Å²) >= 11 is 0. The number of piperidine rings is 1. The van der Waals surface area contributed by atoms with Crippen molar-refractivity contribution in [1.29, 1.82) is 0 Å². The Kier molecular flexibility index (Phi) is 5.28. The average molecular weight is 408 g/mol. The number of likely N-dealkylation sites (tertiary alicyclic amines) is 1. The number of aliphatic hydroxyl groups excluding tert-OH is 1. The van der Waals surface area contributed by atoms with E-state index in [4.69, 9.17) is 4.42 Å². The fraction of sp³-hybridized carbons (Fsp3) is 0.417. The molecule has 6 heteroatoms. The number of carbonyl (C=O) groups is 1. The summed E-state index contributed by atoms with van der Waals surface area (Å²) in [6, 6.07) is 7.43. The molecular weight excluding hydrogens is 380 g/mol. The van der Waals surface area contributed by atoms with Crippen LogP contribution in [-0.4, -0.2) is 40.6 Å². The second-order valence-electron chi connectivity index (χ2n) is 9.15. The number of amides is 1. The van der Waals surface area contributed by atoms with E-state index in [-0.39, 0.29) is 29.4 Å². The van der Waals surface area contributed by atoms with Crippen molar-refractivity contribution in [3.05, 3.63) is 58.2 Å². The van der Waals surface area contributed by atoms with Gasteiger partial charge in [-0.2, -0.15) is 0 Å². The Hall–Kier alpha value is -2.86. The first-order valence-corrected chi connectivity index (χ1v) is 10.4. The highest BCUT2D eigenvalue weighted by atomic mass is 16.3. The maximum Gasteiger partial charge on any atom is 0.257 e. The van der Waals surface area contributed by atoms with Gasteiger partial charge in [0.15, 0.2) is 0 Å². The Bertz CT molecular complexity index is 1140. The molecule has 1 amide bonds. The minimum absolute atomic E-state index is 0.0883. The number of aromatic nitrogens is 1. The number of hydrogen-bond acceptors (Lipinski definition) is 4. The van der Waals surface area contributed by atoms with Crippen LogP contribution in [0, 0.1) is 5.92 Å². The predicted molar refractivity (Wildman–Crippen MR) is 117 cm³/mol. The van der Waals surface area contributed by atoms with E-state index in [0.717, 1.165) is 29.4 Å². The SMILES string of the molecule is CC(C)(C)c1cc(-c2ccc[nH]c2=O)cc2c(C(=O)N3CCCC(CO)C3)coc12. The third kappa shape index (κ3) is 3.67. The quantitative estimate of drug-likeness (QED) is 0.687. The van der Waals surface area contributed by atoms with Gasteiger partial charge in [0.1, 0.15) is 11.8 Å². The number of carbonyl (C=O) groups excluding carboxylic acids is 1. The molecule has 0 bridgehead atoms. The smallest absolute Gasteiger partial charge is 0.257 e. The van der Waals surface area contributed by atoms with E-state index >= 15 is 0 Å². The summed E-state index contributed by atoms with van der Waals surface area (Å²) in [5.74, 6) is 0.0234. The van der Waals surface area contributed by atoms with E-state index in [1.165, 1.54) is 6.26 Å². The van der Waals surface area contributed by atoms with E-state index in [2.05, 4.69) is 25.8 Å². The van der Waals surface area contributed by atoms with E-state index in [1.807, 2.05) is 12.1 Å². The van der Waals surface area contributed by atoms with Crippen molar-refractivity contribution < 1.29 is 14.3 Å². The molecule has 1 unspecified atom stereocenters. The Labute approximate surface area is 175 Å². The number of rotatable bonds is 3. The van der Waals surface area contributed by atoms with Gasteiger partial charge in [-0.05, 0) is 54.0 Å². The Morgan fingerprint density at radius 2 is 2.13 bits per heavy atom. The maximum absolute atomic E-state index is 13.3. The molecular formula is C24H28N2O4. The Balaban J connectivity index is 1.86. The molecule has 0 saturated carbocycles. The molecule has 1 saturated heterocycles. The molecule has 1 aliphatic heterocycles. The molecule has 1 aromatic carbocycles. The van der Waals surface area contributed by atoms with Gasteiger partial charge in [0.05, 0.1) is 5.56 Å². The first-order chi connectivity index (χ1) is 14.3. The Morgan fingerprint density at radius 3 is 2.83 bits per heavy atom. The van der Waals surface area contributed by atoms with E-state index < -0.39 is 0 Å². The fourth-order valence-corrected chi connectivity index (χ4v) is 4.23. The van der Waals surface area contributed by atoms with E-state index in [1.54, 1.807) is 23.2 Å². The number of fused-ring (bicyclic) bond motifs is 1. The summed E-state index contributed by atoms with van der Waals surface area (Å²) in [7, 11) is 0. The van der Waals surface area contributed by atoms with Gasteiger partial charge >= 0.3 is 0 Å². The van der Waals surface area contributed by atoms with Crippen LogP contribution in [0.2, 0.25) is 0 Å². The molecule has 4 rings (SSSR count).